The summed E-state index contributed by atoms with van der Waals surface area (Å²) in [5.41, 5.74) is 2.01. The fourth-order valence-corrected chi connectivity index (χ4v) is 4.58. The SMILES string of the molecule is COC(=O)C(c1ccc(Cl)cc1)N1C(=O)c2ccc(Cl)cc2NC(=S)C1c1ccc(OC)cc1. The highest BCUT2D eigenvalue weighted by Crippen LogP contribution is 2.39. The van der Waals surface area contributed by atoms with Crippen molar-refractivity contribution in [3.05, 3.63) is 93.5 Å². The van der Waals surface area contributed by atoms with Gasteiger partial charge in [0.05, 0.1) is 25.5 Å². The third-order valence-electron chi connectivity index (χ3n) is 5.55. The molecule has 34 heavy (non-hydrogen) atoms. The van der Waals surface area contributed by atoms with E-state index in [1.54, 1.807) is 73.8 Å². The number of carbonyl (C=O) groups excluding carboxylic acids is 2. The summed E-state index contributed by atoms with van der Waals surface area (Å²) in [7, 11) is 2.84. The fraction of sp³-hybridized carbons (Fsp3) is 0.160. The highest BCUT2D eigenvalue weighted by molar-refractivity contribution is 7.80. The Balaban J connectivity index is 1.95. The molecule has 9 heteroatoms. The number of benzene rings is 3. The van der Waals surface area contributed by atoms with Crippen LogP contribution in [0.25, 0.3) is 0 Å². The van der Waals surface area contributed by atoms with E-state index in [1.165, 1.54) is 12.0 Å². The van der Waals surface area contributed by atoms with Gasteiger partial charge in [-0.15, -0.1) is 0 Å². The van der Waals surface area contributed by atoms with Crippen molar-refractivity contribution in [1.29, 1.82) is 0 Å². The maximum Gasteiger partial charge on any atom is 0.333 e. The van der Waals surface area contributed by atoms with Gasteiger partial charge in [-0.1, -0.05) is 59.7 Å². The molecule has 0 fully saturated rings. The molecule has 3 aromatic carbocycles. The average molecular weight is 515 g/mol. The predicted octanol–water partition coefficient (Wildman–Crippen LogP) is 5.85. The molecule has 2 unspecified atom stereocenters. The minimum Gasteiger partial charge on any atom is -0.497 e. The molecule has 0 saturated heterocycles. The second-order valence-corrected chi connectivity index (χ2v) is 8.86. The van der Waals surface area contributed by atoms with E-state index in [1.807, 2.05) is 0 Å². The fourth-order valence-electron chi connectivity index (χ4n) is 3.92. The molecule has 174 valence electrons. The zero-order chi connectivity index (χ0) is 24.4. The van der Waals surface area contributed by atoms with Gasteiger partial charge in [0.15, 0.2) is 6.04 Å². The number of methoxy groups -OCH3 is 2. The molecule has 0 radical (unpaired) electrons. The number of fused-ring (bicyclic) bond motifs is 1. The lowest BCUT2D eigenvalue weighted by Crippen LogP contribution is -2.44. The van der Waals surface area contributed by atoms with Crippen molar-refractivity contribution in [3.8, 4) is 5.75 Å². The molecule has 0 saturated carbocycles. The number of nitrogens with zero attached hydrogens (tertiary/aromatic N) is 1. The molecule has 2 atom stereocenters. The molecule has 1 N–H and O–H groups in total. The Morgan fingerprint density at radius 2 is 1.65 bits per heavy atom. The van der Waals surface area contributed by atoms with E-state index in [-0.39, 0.29) is 0 Å². The van der Waals surface area contributed by atoms with Gasteiger partial charge in [-0.3, -0.25) is 4.79 Å². The maximum absolute atomic E-state index is 14.0. The normalized spacial score (nSPS) is 16.2. The molecule has 1 aliphatic heterocycles. The van der Waals surface area contributed by atoms with E-state index in [0.29, 0.717) is 43.2 Å². The summed E-state index contributed by atoms with van der Waals surface area (Å²) in [6.07, 6.45) is 0. The van der Waals surface area contributed by atoms with E-state index in [0.717, 1.165) is 0 Å². The highest BCUT2D eigenvalue weighted by atomic mass is 35.5. The van der Waals surface area contributed by atoms with Gasteiger partial charge in [-0.2, -0.15) is 0 Å². The van der Waals surface area contributed by atoms with Crippen molar-refractivity contribution in [2.75, 3.05) is 19.5 Å². The van der Waals surface area contributed by atoms with Gasteiger partial charge in [-0.05, 0) is 53.6 Å². The van der Waals surface area contributed by atoms with Crippen LogP contribution in [0.5, 0.6) is 5.75 Å². The van der Waals surface area contributed by atoms with E-state index < -0.39 is 24.0 Å². The van der Waals surface area contributed by atoms with Gasteiger partial charge in [0.25, 0.3) is 5.91 Å². The van der Waals surface area contributed by atoms with Crippen molar-refractivity contribution >= 4 is 58.0 Å². The number of hydrogen-bond donors (Lipinski definition) is 1. The third-order valence-corrected chi connectivity index (χ3v) is 6.36. The number of esters is 1. The van der Waals surface area contributed by atoms with Gasteiger partial charge in [0, 0.05) is 10.0 Å². The molecule has 1 heterocycles. The van der Waals surface area contributed by atoms with Crippen LogP contribution in [0.1, 0.15) is 33.6 Å². The molecule has 6 nitrogen and oxygen atoms in total. The lowest BCUT2D eigenvalue weighted by Gasteiger charge is -2.36. The molecule has 0 aliphatic carbocycles. The standard InChI is InChI=1S/C25H20Cl2N2O4S/c1-32-18-10-5-14(6-11-18)21-23(34)28-20-13-17(27)9-12-19(20)24(30)29(21)22(25(31)33-2)15-3-7-16(26)8-4-15/h3-13,21-22H,1-2H3,(H,28,34). The Hall–Kier alpha value is -3.13. The molecule has 1 amide bonds. The average Bonchev–Trinajstić information content (AvgIpc) is 2.94. The quantitative estimate of drug-likeness (QED) is 0.340. The second kappa shape index (κ2) is 10.0. The summed E-state index contributed by atoms with van der Waals surface area (Å²) in [4.78, 5) is 28.9. The molecule has 3 aromatic rings. The van der Waals surface area contributed by atoms with Crippen LogP contribution in [0.3, 0.4) is 0 Å². The topological polar surface area (TPSA) is 67.9 Å². The van der Waals surface area contributed by atoms with Gasteiger partial charge < -0.3 is 19.7 Å². The number of ether oxygens (including phenoxy) is 2. The molecular formula is C25H20Cl2N2O4S. The molecule has 4 rings (SSSR count). The van der Waals surface area contributed by atoms with Crippen molar-refractivity contribution < 1.29 is 19.1 Å². The monoisotopic (exact) mass is 514 g/mol. The summed E-state index contributed by atoms with van der Waals surface area (Å²) in [6.45, 7) is 0. The zero-order valence-corrected chi connectivity index (χ0v) is 20.6. The van der Waals surface area contributed by atoms with Crippen LogP contribution >= 0.6 is 35.4 Å². The summed E-state index contributed by atoms with van der Waals surface area (Å²) in [6, 6.07) is 16.8. The van der Waals surface area contributed by atoms with Crippen molar-refractivity contribution in [2.45, 2.75) is 12.1 Å². The lowest BCUT2D eigenvalue weighted by molar-refractivity contribution is -0.146. The van der Waals surface area contributed by atoms with Crippen molar-refractivity contribution in [3.63, 3.8) is 0 Å². The molecular weight excluding hydrogens is 495 g/mol. The van der Waals surface area contributed by atoms with Crippen LogP contribution < -0.4 is 10.1 Å². The van der Waals surface area contributed by atoms with Gasteiger partial charge in [0.1, 0.15) is 16.8 Å². The minimum atomic E-state index is -1.09. The van der Waals surface area contributed by atoms with E-state index in [4.69, 9.17) is 44.9 Å². The summed E-state index contributed by atoms with van der Waals surface area (Å²) in [5.74, 6) is -0.383. The Kier molecular flexibility index (Phi) is 7.07. The largest absolute Gasteiger partial charge is 0.497 e. The van der Waals surface area contributed by atoms with Crippen LogP contribution in [0, 0.1) is 0 Å². The molecule has 0 spiro atoms. The Bertz CT molecular complexity index is 1250. The number of carbonyl (C=O) groups is 2. The second-order valence-electron chi connectivity index (χ2n) is 7.54. The summed E-state index contributed by atoms with van der Waals surface area (Å²) >= 11 is 18.0. The number of anilines is 1. The first-order valence-corrected chi connectivity index (χ1v) is 11.4. The molecule has 0 aromatic heterocycles. The number of thiocarbonyl (C=S) groups is 1. The summed E-state index contributed by atoms with van der Waals surface area (Å²) in [5, 5.41) is 4.09. The number of hydrogen-bond acceptors (Lipinski definition) is 5. The maximum atomic E-state index is 14.0. The zero-order valence-electron chi connectivity index (χ0n) is 18.2. The first-order chi connectivity index (χ1) is 16.3. The minimum absolute atomic E-state index is 0.322. The Morgan fingerprint density at radius 3 is 2.26 bits per heavy atom. The van der Waals surface area contributed by atoms with Crippen LogP contribution in [-0.4, -0.2) is 36.0 Å². The number of halogens is 2. The third kappa shape index (κ3) is 4.59. The van der Waals surface area contributed by atoms with E-state index in [2.05, 4.69) is 5.32 Å². The number of nitrogens with one attached hydrogen (secondary N) is 1. The van der Waals surface area contributed by atoms with Crippen molar-refractivity contribution in [1.82, 2.24) is 4.90 Å². The smallest absolute Gasteiger partial charge is 0.333 e. The van der Waals surface area contributed by atoms with Crippen LogP contribution in [0.2, 0.25) is 10.0 Å². The molecule has 1 aliphatic rings. The summed E-state index contributed by atoms with van der Waals surface area (Å²) < 4.78 is 10.4. The lowest BCUT2D eigenvalue weighted by atomic mass is 9.98. The van der Waals surface area contributed by atoms with Crippen LogP contribution in [0.4, 0.5) is 5.69 Å². The first-order valence-electron chi connectivity index (χ1n) is 10.2. The van der Waals surface area contributed by atoms with Gasteiger partial charge in [0.2, 0.25) is 0 Å². The van der Waals surface area contributed by atoms with Crippen LogP contribution in [0.15, 0.2) is 66.7 Å². The van der Waals surface area contributed by atoms with Crippen LogP contribution in [-0.2, 0) is 9.53 Å². The molecule has 0 bridgehead atoms. The van der Waals surface area contributed by atoms with Crippen molar-refractivity contribution in [2.24, 2.45) is 0 Å². The number of rotatable bonds is 5. The first kappa shape index (κ1) is 24.0. The number of amides is 1. The van der Waals surface area contributed by atoms with E-state index in [9.17, 15) is 9.59 Å². The van der Waals surface area contributed by atoms with Gasteiger partial charge >= 0.3 is 5.97 Å². The van der Waals surface area contributed by atoms with Gasteiger partial charge in [-0.25, -0.2) is 4.79 Å². The van der Waals surface area contributed by atoms with E-state index >= 15 is 0 Å². The predicted molar refractivity (Wildman–Crippen MR) is 136 cm³/mol. The highest BCUT2D eigenvalue weighted by Gasteiger charge is 2.42. The Labute approximate surface area is 212 Å². The Morgan fingerprint density at radius 1 is 1.00 bits per heavy atom.